The Morgan fingerprint density at radius 1 is 0.909 bits per heavy atom. The van der Waals surface area contributed by atoms with Crippen LogP contribution in [0.2, 0.25) is 0 Å². The average molecular weight is 299 g/mol. The molecular formula is C17H17NO4. The average Bonchev–Trinajstić information content (AvgIpc) is 2.55. The zero-order chi connectivity index (χ0) is 15.8. The fourth-order valence-electron chi connectivity index (χ4n) is 1.88. The van der Waals surface area contributed by atoms with Crippen LogP contribution in [0.3, 0.4) is 0 Å². The summed E-state index contributed by atoms with van der Waals surface area (Å²) in [4.78, 5) is 22.7. The van der Waals surface area contributed by atoms with Gasteiger partial charge >= 0.3 is 5.97 Å². The third-order valence-electron chi connectivity index (χ3n) is 2.90. The Hall–Kier alpha value is -2.66. The van der Waals surface area contributed by atoms with Crippen molar-refractivity contribution in [2.24, 2.45) is 0 Å². The fraction of sp³-hybridized carbons (Fsp3) is 0.176. The van der Waals surface area contributed by atoms with Gasteiger partial charge in [-0.05, 0) is 23.3 Å². The van der Waals surface area contributed by atoms with Gasteiger partial charge in [0.1, 0.15) is 6.61 Å². The topological polar surface area (TPSA) is 64.6 Å². The van der Waals surface area contributed by atoms with Gasteiger partial charge in [0.05, 0.1) is 0 Å². The highest BCUT2D eigenvalue weighted by Crippen LogP contribution is 2.20. The predicted molar refractivity (Wildman–Crippen MR) is 83.3 cm³/mol. The molecule has 0 bridgehead atoms. The predicted octanol–water partition coefficient (Wildman–Crippen LogP) is 2.48. The highest BCUT2D eigenvalue weighted by molar-refractivity contribution is 5.93. The van der Waals surface area contributed by atoms with Crippen LogP contribution in [0.4, 0.5) is 5.69 Å². The lowest BCUT2D eigenvalue weighted by Crippen LogP contribution is -2.22. The number of methoxy groups -OCH3 is 1. The maximum Gasteiger partial charge on any atom is 0.332 e. The first kappa shape index (κ1) is 15.7. The van der Waals surface area contributed by atoms with Gasteiger partial charge in [-0.25, -0.2) is 4.79 Å². The van der Waals surface area contributed by atoms with Crippen molar-refractivity contribution >= 4 is 17.6 Å². The second-order valence-corrected chi connectivity index (χ2v) is 4.59. The summed E-state index contributed by atoms with van der Waals surface area (Å²) >= 11 is 0. The number of hydrogen-bond acceptors (Lipinski definition) is 4. The molecule has 1 amide bonds. The molecule has 0 aliphatic heterocycles. The molecule has 0 aromatic heterocycles. The second-order valence-electron chi connectivity index (χ2n) is 4.59. The van der Waals surface area contributed by atoms with Crippen molar-refractivity contribution in [3.8, 4) is 11.1 Å². The minimum absolute atomic E-state index is 0.168. The summed E-state index contributed by atoms with van der Waals surface area (Å²) in [6, 6.07) is 17.4. The Bertz CT molecular complexity index is 623. The Morgan fingerprint density at radius 3 is 2.18 bits per heavy atom. The van der Waals surface area contributed by atoms with Crippen LogP contribution >= 0.6 is 0 Å². The zero-order valence-corrected chi connectivity index (χ0v) is 12.2. The maximum atomic E-state index is 11.6. The van der Waals surface area contributed by atoms with Gasteiger partial charge in [-0.15, -0.1) is 0 Å². The van der Waals surface area contributed by atoms with Crippen LogP contribution in [0.25, 0.3) is 11.1 Å². The monoisotopic (exact) mass is 299 g/mol. The number of rotatable bonds is 6. The van der Waals surface area contributed by atoms with Crippen molar-refractivity contribution in [1.82, 2.24) is 0 Å². The first-order valence-corrected chi connectivity index (χ1v) is 6.79. The fourth-order valence-corrected chi connectivity index (χ4v) is 1.88. The summed E-state index contributed by atoms with van der Waals surface area (Å²) in [7, 11) is 1.38. The molecule has 0 saturated carbocycles. The molecule has 0 saturated heterocycles. The SMILES string of the molecule is COCC(=O)OCC(=O)Nc1ccc(-c2ccccc2)cc1. The van der Waals surface area contributed by atoms with Gasteiger partial charge in [-0.2, -0.15) is 0 Å². The highest BCUT2D eigenvalue weighted by Gasteiger charge is 2.07. The van der Waals surface area contributed by atoms with Crippen molar-refractivity contribution in [3.05, 3.63) is 54.6 Å². The molecule has 114 valence electrons. The van der Waals surface area contributed by atoms with Crippen LogP contribution in [0.15, 0.2) is 54.6 Å². The number of anilines is 1. The lowest BCUT2D eigenvalue weighted by molar-refractivity contribution is -0.150. The molecule has 1 N–H and O–H groups in total. The second kappa shape index (κ2) is 7.95. The van der Waals surface area contributed by atoms with Gasteiger partial charge in [-0.3, -0.25) is 4.79 Å². The Labute approximate surface area is 128 Å². The van der Waals surface area contributed by atoms with E-state index < -0.39 is 11.9 Å². The van der Waals surface area contributed by atoms with Gasteiger partial charge in [-0.1, -0.05) is 42.5 Å². The largest absolute Gasteiger partial charge is 0.454 e. The molecule has 0 aliphatic carbocycles. The third-order valence-corrected chi connectivity index (χ3v) is 2.90. The molecule has 0 radical (unpaired) electrons. The van der Waals surface area contributed by atoms with E-state index in [2.05, 4.69) is 10.1 Å². The smallest absolute Gasteiger partial charge is 0.332 e. The van der Waals surface area contributed by atoms with E-state index in [1.165, 1.54) is 7.11 Å². The molecule has 22 heavy (non-hydrogen) atoms. The molecule has 0 fully saturated rings. The summed E-state index contributed by atoms with van der Waals surface area (Å²) < 4.78 is 9.34. The summed E-state index contributed by atoms with van der Waals surface area (Å²) in [5, 5.41) is 2.66. The van der Waals surface area contributed by atoms with Crippen LogP contribution in [-0.4, -0.2) is 32.2 Å². The summed E-state index contributed by atoms with van der Waals surface area (Å²) in [6.45, 7) is -0.498. The third kappa shape index (κ3) is 4.71. The van der Waals surface area contributed by atoms with Crippen molar-refractivity contribution in [2.45, 2.75) is 0 Å². The minimum Gasteiger partial charge on any atom is -0.454 e. The van der Waals surface area contributed by atoms with E-state index in [0.29, 0.717) is 5.69 Å². The van der Waals surface area contributed by atoms with Gasteiger partial charge in [0, 0.05) is 12.8 Å². The van der Waals surface area contributed by atoms with E-state index in [4.69, 9.17) is 4.74 Å². The molecular weight excluding hydrogens is 282 g/mol. The maximum absolute atomic E-state index is 11.6. The first-order chi connectivity index (χ1) is 10.7. The standard InChI is InChI=1S/C17H17NO4/c1-21-12-17(20)22-11-16(19)18-15-9-7-14(8-10-15)13-5-3-2-4-6-13/h2-10H,11-12H2,1H3,(H,18,19). The molecule has 2 aromatic carbocycles. The molecule has 0 heterocycles. The van der Waals surface area contributed by atoms with Gasteiger partial charge in [0.2, 0.25) is 0 Å². The van der Waals surface area contributed by atoms with E-state index in [1.807, 2.05) is 42.5 Å². The van der Waals surface area contributed by atoms with Gasteiger partial charge in [0.25, 0.3) is 5.91 Å². The van der Waals surface area contributed by atoms with Crippen LogP contribution in [-0.2, 0) is 19.1 Å². The number of benzene rings is 2. The molecule has 0 atom stereocenters. The summed E-state index contributed by atoms with van der Waals surface area (Å²) in [5.74, 6) is -0.964. The molecule has 0 spiro atoms. The normalized spacial score (nSPS) is 10.0. The number of ether oxygens (including phenoxy) is 2. The highest BCUT2D eigenvalue weighted by atomic mass is 16.6. The molecule has 5 heteroatoms. The van der Waals surface area contributed by atoms with E-state index in [1.54, 1.807) is 12.1 Å². The number of carbonyl (C=O) groups excluding carboxylic acids is 2. The van der Waals surface area contributed by atoms with Gasteiger partial charge < -0.3 is 14.8 Å². The Morgan fingerprint density at radius 2 is 1.55 bits per heavy atom. The lowest BCUT2D eigenvalue weighted by Gasteiger charge is -2.07. The van der Waals surface area contributed by atoms with Crippen LogP contribution in [0.1, 0.15) is 0 Å². The van der Waals surface area contributed by atoms with Crippen LogP contribution in [0, 0.1) is 0 Å². The Kier molecular flexibility index (Phi) is 5.68. The van der Waals surface area contributed by atoms with Gasteiger partial charge in [0.15, 0.2) is 6.61 Å². The van der Waals surface area contributed by atoms with Crippen LogP contribution < -0.4 is 5.32 Å². The van der Waals surface area contributed by atoms with Crippen LogP contribution in [0.5, 0.6) is 0 Å². The molecule has 0 unspecified atom stereocenters. The van der Waals surface area contributed by atoms with Crippen molar-refractivity contribution in [1.29, 1.82) is 0 Å². The lowest BCUT2D eigenvalue weighted by atomic mass is 10.1. The van der Waals surface area contributed by atoms with E-state index in [0.717, 1.165) is 11.1 Å². The van der Waals surface area contributed by atoms with Crippen molar-refractivity contribution in [2.75, 3.05) is 25.6 Å². The molecule has 5 nitrogen and oxygen atoms in total. The van der Waals surface area contributed by atoms with E-state index >= 15 is 0 Å². The molecule has 2 rings (SSSR count). The number of carbonyl (C=O) groups is 2. The number of hydrogen-bond donors (Lipinski definition) is 1. The van der Waals surface area contributed by atoms with E-state index in [-0.39, 0.29) is 13.2 Å². The molecule has 0 aliphatic rings. The number of esters is 1. The first-order valence-electron chi connectivity index (χ1n) is 6.79. The Balaban J connectivity index is 1.89. The number of amides is 1. The number of nitrogens with one attached hydrogen (secondary N) is 1. The summed E-state index contributed by atoms with van der Waals surface area (Å²) in [6.07, 6.45) is 0. The minimum atomic E-state index is -0.572. The van der Waals surface area contributed by atoms with E-state index in [9.17, 15) is 9.59 Å². The van der Waals surface area contributed by atoms with Crippen molar-refractivity contribution in [3.63, 3.8) is 0 Å². The zero-order valence-electron chi connectivity index (χ0n) is 12.2. The quantitative estimate of drug-likeness (QED) is 0.832. The van der Waals surface area contributed by atoms with Crippen molar-refractivity contribution < 1.29 is 19.1 Å². The molecule has 2 aromatic rings. The summed E-state index contributed by atoms with van der Waals surface area (Å²) in [5.41, 5.74) is 2.81.